The van der Waals surface area contributed by atoms with Crippen LogP contribution in [-0.4, -0.2) is 4.98 Å². The fourth-order valence-corrected chi connectivity index (χ4v) is 2.75. The van der Waals surface area contributed by atoms with Crippen molar-refractivity contribution in [3.05, 3.63) is 76.1 Å². The highest BCUT2D eigenvalue weighted by atomic mass is 16.5. The van der Waals surface area contributed by atoms with Crippen LogP contribution < -0.4 is 10.3 Å². The van der Waals surface area contributed by atoms with Gasteiger partial charge in [0.05, 0.1) is 5.52 Å². The third kappa shape index (κ3) is 3.29. The first-order valence-corrected chi connectivity index (χ1v) is 8.01. The minimum Gasteiger partial charge on any atom is -0.487 e. The summed E-state index contributed by atoms with van der Waals surface area (Å²) in [7, 11) is 0. The molecule has 0 amide bonds. The van der Waals surface area contributed by atoms with Gasteiger partial charge in [-0.25, -0.2) is 0 Å². The number of rotatable bonds is 5. The molecule has 0 spiro atoms. The van der Waals surface area contributed by atoms with E-state index >= 15 is 0 Å². The molecular weight excluding hydrogens is 286 g/mol. The predicted molar refractivity (Wildman–Crippen MR) is 94.0 cm³/mol. The van der Waals surface area contributed by atoms with Crippen molar-refractivity contribution in [1.29, 1.82) is 0 Å². The van der Waals surface area contributed by atoms with Crippen LogP contribution in [-0.2, 0) is 6.61 Å². The van der Waals surface area contributed by atoms with Crippen LogP contribution in [0, 0.1) is 0 Å². The number of H-pyrrole nitrogens is 1. The lowest BCUT2D eigenvalue weighted by atomic mass is 9.94. The lowest BCUT2D eigenvalue weighted by Gasteiger charge is -2.15. The predicted octanol–water partition coefficient (Wildman–Crippen LogP) is 4.62. The van der Waals surface area contributed by atoms with Crippen LogP contribution in [0.25, 0.3) is 10.9 Å². The quantitative estimate of drug-likeness (QED) is 0.747. The molecule has 3 nitrogen and oxygen atoms in total. The van der Waals surface area contributed by atoms with Crippen LogP contribution >= 0.6 is 0 Å². The maximum Gasteiger partial charge on any atom is 0.248 e. The van der Waals surface area contributed by atoms with Gasteiger partial charge in [-0.1, -0.05) is 50.2 Å². The number of ether oxygens (including phenoxy) is 1. The monoisotopic (exact) mass is 307 g/mol. The number of aromatic nitrogens is 1. The van der Waals surface area contributed by atoms with Gasteiger partial charge < -0.3 is 9.72 Å². The third-order valence-electron chi connectivity index (χ3n) is 4.27. The summed E-state index contributed by atoms with van der Waals surface area (Å²) in [6, 6.07) is 17.6. The van der Waals surface area contributed by atoms with E-state index in [9.17, 15) is 4.79 Å². The number of aromatic amines is 1. The van der Waals surface area contributed by atoms with Gasteiger partial charge in [-0.15, -0.1) is 0 Å². The summed E-state index contributed by atoms with van der Waals surface area (Å²) in [6.07, 6.45) is 1.05. The molecule has 0 radical (unpaired) electrons. The molecular formula is C20H21NO2. The average molecular weight is 307 g/mol. The van der Waals surface area contributed by atoms with Gasteiger partial charge in [0.1, 0.15) is 12.4 Å². The van der Waals surface area contributed by atoms with Crippen molar-refractivity contribution in [3.63, 3.8) is 0 Å². The zero-order valence-electron chi connectivity index (χ0n) is 13.5. The van der Waals surface area contributed by atoms with Crippen molar-refractivity contribution in [3.8, 4) is 5.75 Å². The molecule has 3 aromatic rings. The number of fused-ring (bicyclic) bond motifs is 1. The number of hydrogen-bond acceptors (Lipinski definition) is 2. The zero-order chi connectivity index (χ0) is 16.2. The molecule has 3 rings (SSSR count). The van der Waals surface area contributed by atoms with Crippen molar-refractivity contribution in [2.24, 2.45) is 0 Å². The summed E-state index contributed by atoms with van der Waals surface area (Å²) < 4.78 is 5.96. The number of pyridine rings is 1. The summed E-state index contributed by atoms with van der Waals surface area (Å²) in [6.45, 7) is 4.85. The Morgan fingerprint density at radius 1 is 1.04 bits per heavy atom. The van der Waals surface area contributed by atoms with Gasteiger partial charge in [0, 0.05) is 11.5 Å². The van der Waals surface area contributed by atoms with E-state index in [-0.39, 0.29) is 5.56 Å². The molecule has 0 saturated heterocycles. The molecule has 0 aliphatic carbocycles. The van der Waals surface area contributed by atoms with Gasteiger partial charge >= 0.3 is 0 Å². The van der Waals surface area contributed by atoms with E-state index in [1.54, 1.807) is 6.07 Å². The van der Waals surface area contributed by atoms with Gasteiger partial charge in [0.25, 0.3) is 0 Å². The largest absolute Gasteiger partial charge is 0.487 e. The standard InChI is InChI=1S/C20H21NO2/c1-3-14(2)16-9-11-18(20-17(16)10-12-19(22)21-20)23-13-15-7-5-4-6-8-15/h4-12,14H,3,13H2,1-2H3,(H,21,22). The Bertz CT molecular complexity index is 852. The van der Waals surface area contributed by atoms with Gasteiger partial charge in [0.15, 0.2) is 0 Å². The normalized spacial score (nSPS) is 12.3. The molecule has 3 heteroatoms. The van der Waals surface area contributed by atoms with E-state index in [1.165, 1.54) is 5.56 Å². The van der Waals surface area contributed by atoms with E-state index in [0.29, 0.717) is 18.3 Å². The molecule has 0 aliphatic heterocycles. The lowest BCUT2D eigenvalue weighted by Crippen LogP contribution is -2.06. The maximum atomic E-state index is 11.7. The van der Waals surface area contributed by atoms with E-state index in [0.717, 1.165) is 22.9 Å². The summed E-state index contributed by atoms with van der Waals surface area (Å²) in [5.41, 5.74) is 3.02. The van der Waals surface area contributed by atoms with Crippen LogP contribution in [0.3, 0.4) is 0 Å². The molecule has 1 heterocycles. The number of benzene rings is 2. The van der Waals surface area contributed by atoms with Gasteiger partial charge in [-0.3, -0.25) is 4.79 Å². The first-order valence-electron chi connectivity index (χ1n) is 8.01. The molecule has 0 bridgehead atoms. The second kappa shape index (κ2) is 6.69. The van der Waals surface area contributed by atoms with Crippen molar-refractivity contribution >= 4 is 10.9 Å². The first-order chi connectivity index (χ1) is 11.2. The van der Waals surface area contributed by atoms with Crippen molar-refractivity contribution in [2.75, 3.05) is 0 Å². The molecule has 1 unspecified atom stereocenters. The molecule has 1 N–H and O–H groups in total. The topological polar surface area (TPSA) is 42.1 Å². The Balaban J connectivity index is 2.00. The van der Waals surface area contributed by atoms with E-state index in [2.05, 4.69) is 24.9 Å². The zero-order valence-corrected chi connectivity index (χ0v) is 13.5. The summed E-state index contributed by atoms with van der Waals surface area (Å²) in [5, 5.41) is 1.06. The molecule has 23 heavy (non-hydrogen) atoms. The van der Waals surface area contributed by atoms with Crippen LogP contribution in [0.2, 0.25) is 0 Å². The van der Waals surface area contributed by atoms with E-state index < -0.39 is 0 Å². The lowest BCUT2D eigenvalue weighted by molar-refractivity contribution is 0.309. The van der Waals surface area contributed by atoms with Crippen molar-refractivity contribution in [1.82, 2.24) is 4.98 Å². The Morgan fingerprint density at radius 2 is 1.83 bits per heavy atom. The van der Waals surface area contributed by atoms with Crippen molar-refractivity contribution in [2.45, 2.75) is 32.8 Å². The van der Waals surface area contributed by atoms with Crippen molar-refractivity contribution < 1.29 is 4.74 Å². The number of nitrogens with one attached hydrogen (secondary N) is 1. The molecule has 0 fully saturated rings. The Morgan fingerprint density at radius 3 is 2.57 bits per heavy atom. The maximum absolute atomic E-state index is 11.7. The summed E-state index contributed by atoms with van der Waals surface area (Å²) in [4.78, 5) is 14.7. The fraction of sp³-hybridized carbons (Fsp3) is 0.250. The second-order valence-corrected chi connectivity index (χ2v) is 5.85. The summed E-state index contributed by atoms with van der Waals surface area (Å²) in [5.74, 6) is 1.15. The highest BCUT2D eigenvalue weighted by molar-refractivity contribution is 5.87. The molecule has 0 saturated carbocycles. The van der Waals surface area contributed by atoms with E-state index in [1.807, 2.05) is 42.5 Å². The Kier molecular flexibility index (Phi) is 4.47. The average Bonchev–Trinajstić information content (AvgIpc) is 2.59. The second-order valence-electron chi connectivity index (χ2n) is 5.85. The minimum atomic E-state index is -0.108. The Labute approximate surface area is 135 Å². The molecule has 0 aliphatic rings. The van der Waals surface area contributed by atoms with Gasteiger partial charge in [-0.05, 0) is 35.6 Å². The summed E-state index contributed by atoms with van der Waals surface area (Å²) >= 11 is 0. The SMILES string of the molecule is CCC(C)c1ccc(OCc2ccccc2)c2[nH]c(=O)ccc12. The van der Waals surface area contributed by atoms with Crippen LogP contribution in [0.4, 0.5) is 0 Å². The molecule has 1 atom stereocenters. The Hall–Kier alpha value is -2.55. The van der Waals surface area contributed by atoms with Crippen LogP contribution in [0.5, 0.6) is 5.75 Å². The first kappa shape index (κ1) is 15.3. The van der Waals surface area contributed by atoms with Crippen LogP contribution in [0.15, 0.2) is 59.4 Å². The fourth-order valence-electron chi connectivity index (χ4n) is 2.75. The van der Waals surface area contributed by atoms with Gasteiger partial charge in [0.2, 0.25) is 5.56 Å². The smallest absolute Gasteiger partial charge is 0.248 e. The molecule has 118 valence electrons. The molecule has 2 aromatic carbocycles. The minimum absolute atomic E-state index is 0.108. The van der Waals surface area contributed by atoms with Gasteiger partial charge in [-0.2, -0.15) is 0 Å². The van der Waals surface area contributed by atoms with Crippen LogP contribution in [0.1, 0.15) is 37.3 Å². The van der Waals surface area contributed by atoms with E-state index in [4.69, 9.17) is 4.74 Å². The highest BCUT2D eigenvalue weighted by Gasteiger charge is 2.12. The third-order valence-corrected chi connectivity index (χ3v) is 4.27. The molecule has 1 aromatic heterocycles. The highest BCUT2D eigenvalue weighted by Crippen LogP contribution is 2.32. The number of hydrogen-bond donors (Lipinski definition) is 1.